The van der Waals surface area contributed by atoms with Crippen molar-refractivity contribution in [2.45, 2.75) is 26.2 Å². The molecule has 4 heteroatoms. The van der Waals surface area contributed by atoms with Gasteiger partial charge in [0.25, 0.3) is 0 Å². The first kappa shape index (κ1) is 13.1. The molecule has 2 aromatic rings. The fourth-order valence-corrected chi connectivity index (χ4v) is 2.87. The molecule has 1 aromatic heterocycles. The SMILES string of the molecule is Cc1cc(-c2cc(Cl)ccc2O)nc2c1C(=O)CCC2. The van der Waals surface area contributed by atoms with E-state index in [2.05, 4.69) is 4.98 Å². The second kappa shape index (κ2) is 4.91. The van der Waals surface area contributed by atoms with E-state index in [4.69, 9.17) is 11.6 Å². The Labute approximate surface area is 122 Å². The molecule has 0 atom stereocenters. The highest BCUT2D eigenvalue weighted by Gasteiger charge is 2.22. The Hall–Kier alpha value is -1.87. The third-order valence-corrected chi connectivity index (χ3v) is 3.86. The smallest absolute Gasteiger partial charge is 0.164 e. The Kier molecular flexibility index (Phi) is 3.22. The van der Waals surface area contributed by atoms with Crippen molar-refractivity contribution < 1.29 is 9.90 Å². The summed E-state index contributed by atoms with van der Waals surface area (Å²) >= 11 is 5.98. The summed E-state index contributed by atoms with van der Waals surface area (Å²) in [5, 5.41) is 10.5. The zero-order chi connectivity index (χ0) is 14.3. The number of aromatic nitrogens is 1. The van der Waals surface area contributed by atoms with E-state index in [0.717, 1.165) is 29.7 Å². The molecule has 1 aliphatic carbocycles. The van der Waals surface area contributed by atoms with Gasteiger partial charge in [0.2, 0.25) is 0 Å². The van der Waals surface area contributed by atoms with E-state index in [1.807, 2.05) is 13.0 Å². The summed E-state index contributed by atoms with van der Waals surface area (Å²) in [4.78, 5) is 16.5. The second-order valence-corrected chi connectivity index (χ2v) is 5.52. The molecule has 0 bridgehead atoms. The maximum absolute atomic E-state index is 12.0. The molecule has 102 valence electrons. The molecule has 0 radical (unpaired) electrons. The average molecular weight is 288 g/mol. The average Bonchev–Trinajstić information content (AvgIpc) is 2.41. The highest BCUT2D eigenvalue weighted by Crippen LogP contribution is 2.33. The van der Waals surface area contributed by atoms with E-state index in [1.54, 1.807) is 18.2 Å². The number of carbonyl (C=O) groups excluding carboxylic acids is 1. The van der Waals surface area contributed by atoms with Gasteiger partial charge in [-0.05, 0) is 49.6 Å². The molecular weight excluding hydrogens is 274 g/mol. The van der Waals surface area contributed by atoms with Crippen molar-refractivity contribution in [1.29, 1.82) is 0 Å². The number of hydrogen-bond donors (Lipinski definition) is 1. The standard InChI is InChI=1S/C16H14ClNO2/c1-9-7-13(11-8-10(17)5-6-14(11)19)18-12-3-2-4-15(20)16(9)12/h5-8,19H,2-4H2,1H3. The van der Waals surface area contributed by atoms with E-state index < -0.39 is 0 Å². The number of phenolic OH excluding ortho intramolecular Hbond substituents is 1. The van der Waals surface area contributed by atoms with Gasteiger partial charge in [-0.15, -0.1) is 0 Å². The summed E-state index contributed by atoms with van der Waals surface area (Å²) in [6.45, 7) is 1.91. The Morgan fingerprint density at radius 3 is 2.85 bits per heavy atom. The number of hydrogen-bond acceptors (Lipinski definition) is 3. The van der Waals surface area contributed by atoms with Crippen LogP contribution in [-0.2, 0) is 6.42 Å². The molecule has 0 fully saturated rings. The maximum atomic E-state index is 12.0. The Morgan fingerprint density at radius 2 is 2.05 bits per heavy atom. The third kappa shape index (κ3) is 2.18. The van der Waals surface area contributed by atoms with Crippen LogP contribution in [-0.4, -0.2) is 15.9 Å². The molecule has 3 nitrogen and oxygen atoms in total. The van der Waals surface area contributed by atoms with Crippen LogP contribution in [0.2, 0.25) is 5.02 Å². The highest BCUT2D eigenvalue weighted by molar-refractivity contribution is 6.30. The van der Waals surface area contributed by atoms with E-state index >= 15 is 0 Å². The van der Waals surface area contributed by atoms with Crippen LogP contribution in [0.25, 0.3) is 11.3 Å². The number of rotatable bonds is 1. The minimum Gasteiger partial charge on any atom is -0.507 e. The quantitative estimate of drug-likeness (QED) is 0.864. The van der Waals surface area contributed by atoms with E-state index in [0.29, 0.717) is 22.7 Å². The molecule has 1 N–H and O–H groups in total. The number of carbonyl (C=O) groups is 1. The van der Waals surface area contributed by atoms with Crippen molar-refractivity contribution in [3.05, 3.63) is 46.1 Å². The minimum absolute atomic E-state index is 0.142. The van der Waals surface area contributed by atoms with Gasteiger partial charge < -0.3 is 5.11 Å². The summed E-state index contributed by atoms with van der Waals surface area (Å²) < 4.78 is 0. The van der Waals surface area contributed by atoms with Crippen LogP contribution in [0.15, 0.2) is 24.3 Å². The summed E-state index contributed by atoms with van der Waals surface area (Å²) in [6.07, 6.45) is 2.23. The first-order valence-corrected chi connectivity index (χ1v) is 6.96. The van der Waals surface area contributed by atoms with Gasteiger partial charge in [-0.1, -0.05) is 11.6 Å². The molecule has 0 saturated carbocycles. The first-order chi connectivity index (χ1) is 9.56. The Morgan fingerprint density at radius 1 is 1.25 bits per heavy atom. The molecule has 0 amide bonds. The van der Waals surface area contributed by atoms with Crippen LogP contribution in [0.1, 0.15) is 34.5 Å². The molecule has 1 aromatic carbocycles. The number of phenols is 1. The van der Waals surface area contributed by atoms with E-state index in [1.165, 1.54) is 0 Å². The first-order valence-electron chi connectivity index (χ1n) is 6.59. The van der Waals surface area contributed by atoms with Gasteiger partial charge in [-0.3, -0.25) is 9.78 Å². The summed E-state index contributed by atoms with van der Waals surface area (Å²) in [5.74, 6) is 0.307. The molecular formula is C16H14ClNO2. The van der Waals surface area contributed by atoms with Crippen LogP contribution in [0.4, 0.5) is 0 Å². The van der Waals surface area contributed by atoms with Crippen molar-refractivity contribution >= 4 is 17.4 Å². The number of halogens is 1. The monoisotopic (exact) mass is 287 g/mol. The lowest BCUT2D eigenvalue weighted by Gasteiger charge is -2.17. The van der Waals surface area contributed by atoms with Crippen LogP contribution in [0, 0.1) is 6.92 Å². The molecule has 0 saturated heterocycles. The van der Waals surface area contributed by atoms with Crippen molar-refractivity contribution in [2.75, 3.05) is 0 Å². The van der Waals surface area contributed by atoms with Gasteiger partial charge in [0.1, 0.15) is 5.75 Å². The van der Waals surface area contributed by atoms with Gasteiger partial charge in [0.15, 0.2) is 5.78 Å². The van der Waals surface area contributed by atoms with Crippen molar-refractivity contribution in [1.82, 2.24) is 4.98 Å². The normalized spacial score (nSPS) is 14.2. The Bertz CT molecular complexity index is 710. The van der Waals surface area contributed by atoms with Gasteiger partial charge in [-0.25, -0.2) is 0 Å². The van der Waals surface area contributed by atoms with Gasteiger partial charge in [0, 0.05) is 22.6 Å². The molecule has 0 unspecified atom stereocenters. The van der Waals surface area contributed by atoms with Gasteiger partial charge >= 0.3 is 0 Å². The van der Waals surface area contributed by atoms with Crippen LogP contribution < -0.4 is 0 Å². The number of fused-ring (bicyclic) bond motifs is 1. The number of aromatic hydroxyl groups is 1. The lowest BCUT2D eigenvalue weighted by atomic mass is 9.90. The molecule has 0 spiro atoms. The molecule has 0 aliphatic heterocycles. The largest absolute Gasteiger partial charge is 0.507 e. The molecule has 3 rings (SSSR count). The van der Waals surface area contributed by atoms with Crippen molar-refractivity contribution in [3.63, 3.8) is 0 Å². The van der Waals surface area contributed by atoms with Crippen molar-refractivity contribution in [3.8, 4) is 17.0 Å². The number of Topliss-reactive ketones (excluding diaryl/α,β-unsaturated/α-hetero) is 1. The maximum Gasteiger partial charge on any atom is 0.164 e. The zero-order valence-corrected chi connectivity index (χ0v) is 11.9. The number of pyridine rings is 1. The summed E-state index contributed by atoms with van der Waals surface area (Å²) in [7, 11) is 0. The predicted molar refractivity (Wildman–Crippen MR) is 78.4 cm³/mol. The van der Waals surface area contributed by atoms with Crippen LogP contribution in [0.5, 0.6) is 5.75 Å². The zero-order valence-electron chi connectivity index (χ0n) is 11.1. The highest BCUT2D eigenvalue weighted by atomic mass is 35.5. The lowest BCUT2D eigenvalue weighted by molar-refractivity contribution is 0.0971. The number of benzene rings is 1. The molecule has 1 heterocycles. The summed E-state index contributed by atoms with van der Waals surface area (Å²) in [5.41, 5.74) is 3.75. The third-order valence-electron chi connectivity index (χ3n) is 3.62. The van der Waals surface area contributed by atoms with Crippen LogP contribution in [0.3, 0.4) is 0 Å². The number of nitrogens with zero attached hydrogens (tertiary/aromatic N) is 1. The van der Waals surface area contributed by atoms with Gasteiger partial charge in [0.05, 0.1) is 11.4 Å². The van der Waals surface area contributed by atoms with Crippen LogP contribution >= 0.6 is 11.6 Å². The Balaban J connectivity index is 2.19. The van der Waals surface area contributed by atoms with Gasteiger partial charge in [-0.2, -0.15) is 0 Å². The lowest BCUT2D eigenvalue weighted by Crippen LogP contribution is -2.15. The topological polar surface area (TPSA) is 50.2 Å². The summed E-state index contributed by atoms with van der Waals surface area (Å²) in [6, 6.07) is 6.72. The number of aryl methyl sites for hydroxylation is 2. The van der Waals surface area contributed by atoms with E-state index in [9.17, 15) is 9.90 Å². The van der Waals surface area contributed by atoms with Crippen molar-refractivity contribution in [2.24, 2.45) is 0 Å². The minimum atomic E-state index is 0.142. The fourth-order valence-electron chi connectivity index (χ4n) is 2.69. The molecule has 20 heavy (non-hydrogen) atoms. The molecule has 1 aliphatic rings. The predicted octanol–water partition coefficient (Wildman–Crippen LogP) is 3.94. The van der Waals surface area contributed by atoms with E-state index in [-0.39, 0.29) is 11.5 Å². The number of ketones is 1. The second-order valence-electron chi connectivity index (χ2n) is 5.08. The fraction of sp³-hybridized carbons (Fsp3) is 0.250.